The maximum atomic E-state index is 12.7. The van der Waals surface area contributed by atoms with Gasteiger partial charge >= 0.3 is 6.18 Å². The van der Waals surface area contributed by atoms with Crippen LogP contribution in [0.15, 0.2) is 41.7 Å². The molecule has 0 saturated carbocycles. The minimum absolute atomic E-state index is 0.0194. The molecule has 30 heavy (non-hydrogen) atoms. The van der Waals surface area contributed by atoms with E-state index in [2.05, 4.69) is 19.7 Å². The molecule has 12 heteroatoms. The van der Waals surface area contributed by atoms with Gasteiger partial charge < -0.3 is 9.30 Å². The van der Waals surface area contributed by atoms with Crippen LogP contribution in [-0.2, 0) is 29.2 Å². The van der Waals surface area contributed by atoms with Crippen LogP contribution in [0.25, 0.3) is 11.3 Å². The third-order valence-electron chi connectivity index (χ3n) is 4.60. The average Bonchev–Trinajstić information content (AvgIpc) is 3.30. The zero-order valence-electron chi connectivity index (χ0n) is 15.6. The summed E-state index contributed by atoms with van der Waals surface area (Å²) in [6.45, 7) is 0.793. The first-order valence-corrected chi connectivity index (χ1v) is 10.4. The summed E-state index contributed by atoms with van der Waals surface area (Å²) in [6.07, 6.45) is 0.752. The van der Waals surface area contributed by atoms with Crippen molar-refractivity contribution in [1.29, 1.82) is 0 Å². The number of imidazole rings is 1. The number of halogens is 3. The van der Waals surface area contributed by atoms with Gasteiger partial charge in [-0.05, 0) is 25.6 Å². The first-order chi connectivity index (χ1) is 14.2. The van der Waals surface area contributed by atoms with E-state index in [1.165, 1.54) is 13.1 Å². The zero-order chi connectivity index (χ0) is 21.5. The number of sulfonamides is 1. The normalized spacial score (nSPS) is 14.0. The van der Waals surface area contributed by atoms with Gasteiger partial charge in [0.1, 0.15) is 10.7 Å². The fourth-order valence-electron chi connectivity index (χ4n) is 3.05. The van der Waals surface area contributed by atoms with E-state index < -0.39 is 21.8 Å². The van der Waals surface area contributed by atoms with Gasteiger partial charge in [0.25, 0.3) is 0 Å². The molecule has 0 amide bonds. The number of aromatic nitrogens is 4. The molecule has 158 valence electrons. The molecule has 0 bridgehead atoms. The van der Waals surface area contributed by atoms with Crippen molar-refractivity contribution in [3.05, 3.63) is 48.2 Å². The Kier molecular flexibility index (Phi) is 4.98. The minimum Gasteiger partial charge on any atom is -0.420 e. The number of nitrogens with one attached hydrogen (secondary N) is 1. The number of rotatable bonds is 5. The van der Waals surface area contributed by atoms with Gasteiger partial charge in [0.15, 0.2) is 0 Å². The lowest BCUT2D eigenvalue weighted by Gasteiger charge is -2.11. The van der Waals surface area contributed by atoms with E-state index in [0.29, 0.717) is 11.9 Å². The van der Waals surface area contributed by atoms with E-state index in [-0.39, 0.29) is 22.2 Å². The second-order valence-electron chi connectivity index (χ2n) is 6.56. The highest BCUT2D eigenvalue weighted by Crippen LogP contribution is 2.34. The smallest absolute Gasteiger partial charge is 0.417 e. The average molecular weight is 439 g/mol. The predicted molar refractivity (Wildman–Crippen MR) is 99.3 cm³/mol. The molecule has 0 aliphatic carbocycles. The molecular formula is C18H16F3N5O3S. The largest absolute Gasteiger partial charge is 0.420 e. The van der Waals surface area contributed by atoms with Crippen molar-refractivity contribution in [3.8, 4) is 23.0 Å². The molecular weight excluding hydrogens is 423 g/mol. The Hall–Kier alpha value is -2.99. The Morgan fingerprint density at radius 2 is 2.00 bits per heavy atom. The summed E-state index contributed by atoms with van der Waals surface area (Å²) in [5.41, 5.74) is -0.175. The summed E-state index contributed by atoms with van der Waals surface area (Å²) in [5.74, 6) is 0.715. The second-order valence-corrected chi connectivity index (χ2v) is 8.44. The van der Waals surface area contributed by atoms with Crippen LogP contribution in [0.5, 0.6) is 11.8 Å². The Labute approximate surface area is 169 Å². The highest BCUT2D eigenvalue weighted by molar-refractivity contribution is 7.89. The quantitative estimate of drug-likeness (QED) is 0.656. The number of nitrogens with zero attached hydrogens (tertiary/aromatic N) is 4. The summed E-state index contributed by atoms with van der Waals surface area (Å²) in [4.78, 5) is 12.2. The van der Waals surface area contributed by atoms with Crippen molar-refractivity contribution in [2.75, 3.05) is 7.05 Å². The number of fused-ring (bicyclic) bond motifs is 1. The first-order valence-electron chi connectivity index (χ1n) is 8.88. The van der Waals surface area contributed by atoms with Gasteiger partial charge in [0.05, 0.1) is 23.0 Å². The van der Waals surface area contributed by atoms with Gasteiger partial charge in [-0.3, -0.25) is 0 Å². The summed E-state index contributed by atoms with van der Waals surface area (Å²) in [6, 6.07) is 3.27. The molecule has 3 aromatic rings. The Morgan fingerprint density at radius 1 is 1.20 bits per heavy atom. The Balaban J connectivity index is 1.75. The van der Waals surface area contributed by atoms with Crippen LogP contribution in [0.2, 0.25) is 0 Å². The molecule has 3 aromatic heterocycles. The maximum Gasteiger partial charge on any atom is 0.417 e. The molecule has 8 nitrogen and oxygen atoms in total. The van der Waals surface area contributed by atoms with Crippen LogP contribution in [0, 0.1) is 0 Å². The number of aryl methyl sites for hydroxylation is 2. The fraction of sp³-hybridized carbons (Fsp3) is 0.278. The van der Waals surface area contributed by atoms with Gasteiger partial charge in [0.2, 0.25) is 21.8 Å². The molecule has 0 radical (unpaired) electrons. The van der Waals surface area contributed by atoms with Crippen LogP contribution in [0.4, 0.5) is 13.2 Å². The number of pyridine rings is 2. The monoisotopic (exact) mass is 439 g/mol. The summed E-state index contributed by atoms with van der Waals surface area (Å²) in [7, 11) is -2.50. The van der Waals surface area contributed by atoms with E-state index in [1.54, 1.807) is 6.20 Å². The van der Waals surface area contributed by atoms with Gasteiger partial charge in [0, 0.05) is 31.4 Å². The summed E-state index contributed by atoms with van der Waals surface area (Å²) >= 11 is 0. The minimum atomic E-state index is -4.52. The van der Waals surface area contributed by atoms with E-state index in [9.17, 15) is 21.6 Å². The van der Waals surface area contributed by atoms with Crippen LogP contribution in [0.1, 0.15) is 17.8 Å². The van der Waals surface area contributed by atoms with Crippen molar-refractivity contribution in [1.82, 2.24) is 24.2 Å². The maximum absolute atomic E-state index is 12.7. The van der Waals surface area contributed by atoms with Crippen LogP contribution in [-0.4, -0.2) is 35.0 Å². The molecule has 1 aliphatic rings. The van der Waals surface area contributed by atoms with Crippen LogP contribution in [0.3, 0.4) is 0 Å². The van der Waals surface area contributed by atoms with E-state index in [4.69, 9.17) is 4.74 Å². The second kappa shape index (κ2) is 7.36. The van der Waals surface area contributed by atoms with Crippen molar-refractivity contribution in [3.63, 3.8) is 0 Å². The van der Waals surface area contributed by atoms with Crippen molar-refractivity contribution in [2.45, 2.75) is 30.5 Å². The molecule has 4 rings (SSSR count). The molecule has 0 spiro atoms. The highest BCUT2D eigenvalue weighted by Gasteiger charge is 2.31. The van der Waals surface area contributed by atoms with Gasteiger partial charge in [-0.2, -0.15) is 13.2 Å². The number of hydrogen-bond acceptors (Lipinski definition) is 6. The van der Waals surface area contributed by atoms with Gasteiger partial charge in [-0.25, -0.2) is 28.1 Å². The van der Waals surface area contributed by atoms with E-state index in [0.717, 1.165) is 43.5 Å². The SMILES string of the molecule is CNS(=O)(=O)c1cnc(Oc2ccc(C(F)(F)F)cn2)c(-c2cn3c(n2)CCC3)c1. The number of alkyl halides is 3. The molecule has 0 aromatic carbocycles. The van der Waals surface area contributed by atoms with Gasteiger partial charge in [-0.1, -0.05) is 0 Å². The molecule has 1 N–H and O–H groups in total. The number of ether oxygens (including phenoxy) is 1. The standard InChI is InChI=1S/C18H16F3N5O3S/c1-22-30(27,28)12-7-13(14-10-26-6-2-3-15(26)25-14)17(24-9-12)29-16-5-4-11(8-23-16)18(19,20)21/h4-5,7-10,22H,2-3,6H2,1H3. The van der Waals surface area contributed by atoms with E-state index in [1.807, 2.05) is 4.57 Å². The van der Waals surface area contributed by atoms with Crippen molar-refractivity contribution >= 4 is 10.0 Å². The molecule has 0 unspecified atom stereocenters. The molecule has 0 fully saturated rings. The topological polar surface area (TPSA) is 99.0 Å². The highest BCUT2D eigenvalue weighted by atomic mass is 32.2. The van der Waals surface area contributed by atoms with Crippen LogP contribution < -0.4 is 9.46 Å². The molecule has 4 heterocycles. The predicted octanol–water partition coefficient (Wildman–Crippen LogP) is 3.01. The third kappa shape index (κ3) is 3.87. The molecule has 0 saturated heterocycles. The van der Waals surface area contributed by atoms with Gasteiger partial charge in [-0.15, -0.1) is 0 Å². The Morgan fingerprint density at radius 3 is 2.63 bits per heavy atom. The zero-order valence-corrected chi connectivity index (χ0v) is 16.5. The summed E-state index contributed by atoms with van der Waals surface area (Å²) in [5, 5.41) is 0. The Bertz CT molecular complexity index is 1170. The third-order valence-corrected chi connectivity index (χ3v) is 5.99. The lowest BCUT2D eigenvalue weighted by atomic mass is 10.2. The number of hydrogen-bond donors (Lipinski definition) is 1. The van der Waals surface area contributed by atoms with Crippen molar-refractivity contribution < 1.29 is 26.3 Å². The fourth-order valence-corrected chi connectivity index (χ4v) is 3.75. The van der Waals surface area contributed by atoms with E-state index >= 15 is 0 Å². The first kappa shape index (κ1) is 20.3. The van der Waals surface area contributed by atoms with Crippen molar-refractivity contribution in [2.24, 2.45) is 0 Å². The lowest BCUT2D eigenvalue weighted by molar-refractivity contribution is -0.137. The van der Waals surface area contributed by atoms with Crippen LogP contribution >= 0.6 is 0 Å². The molecule has 0 atom stereocenters. The lowest BCUT2D eigenvalue weighted by Crippen LogP contribution is -2.19. The summed E-state index contributed by atoms with van der Waals surface area (Å²) < 4.78 is 72.3. The molecule has 1 aliphatic heterocycles.